The van der Waals surface area contributed by atoms with Gasteiger partial charge in [0.1, 0.15) is 5.75 Å². The van der Waals surface area contributed by atoms with Crippen LogP contribution in [0.5, 0.6) is 5.75 Å². The van der Waals surface area contributed by atoms with Gasteiger partial charge in [0.15, 0.2) is 11.2 Å². The Kier molecular flexibility index (Phi) is 7.16. The Labute approximate surface area is 200 Å². The van der Waals surface area contributed by atoms with Gasteiger partial charge in [0.25, 0.3) is 5.91 Å². The van der Waals surface area contributed by atoms with Gasteiger partial charge < -0.3 is 10.1 Å². The predicted octanol–water partition coefficient (Wildman–Crippen LogP) is 5.58. The third-order valence-electron chi connectivity index (χ3n) is 4.80. The summed E-state index contributed by atoms with van der Waals surface area (Å²) in [5, 5.41) is 8.03. The fraction of sp³-hybridized carbons (Fsp3) is 0.160. The van der Waals surface area contributed by atoms with Crippen molar-refractivity contribution in [3.63, 3.8) is 0 Å². The molecule has 1 atom stereocenters. The number of hydrogen-bond acceptors (Lipinski definition) is 6. The van der Waals surface area contributed by atoms with E-state index in [-0.39, 0.29) is 11.8 Å². The molecule has 2 aromatic carbocycles. The second-order valence-electron chi connectivity index (χ2n) is 7.35. The summed E-state index contributed by atoms with van der Waals surface area (Å²) in [5.74, 6) is 0.301. The van der Waals surface area contributed by atoms with Gasteiger partial charge in [-0.2, -0.15) is 0 Å². The van der Waals surface area contributed by atoms with Crippen LogP contribution in [0.25, 0.3) is 21.7 Å². The maximum absolute atomic E-state index is 12.6. The zero-order valence-corrected chi connectivity index (χ0v) is 19.8. The molecule has 0 saturated heterocycles. The van der Waals surface area contributed by atoms with Gasteiger partial charge in [0.05, 0.1) is 17.1 Å². The predicted molar refractivity (Wildman–Crippen MR) is 134 cm³/mol. The van der Waals surface area contributed by atoms with Crippen LogP contribution < -0.4 is 15.4 Å². The van der Waals surface area contributed by atoms with Gasteiger partial charge in [-0.3, -0.25) is 14.9 Å². The zero-order valence-electron chi connectivity index (χ0n) is 18.2. The van der Waals surface area contributed by atoms with Crippen molar-refractivity contribution < 1.29 is 14.3 Å². The molecule has 2 N–H and O–H groups in total. The molecule has 4 aromatic rings. The van der Waals surface area contributed by atoms with E-state index in [9.17, 15) is 9.59 Å². The molecule has 0 radical (unpaired) electrons. The maximum atomic E-state index is 12.6. The van der Waals surface area contributed by atoms with Crippen LogP contribution in [0.15, 0.2) is 72.1 Å². The lowest BCUT2D eigenvalue weighted by molar-refractivity contribution is -0.122. The summed E-state index contributed by atoms with van der Waals surface area (Å²) in [4.78, 5) is 30.2. The van der Waals surface area contributed by atoms with E-state index in [1.165, 1.54) is 18.3 Å². The standard InChI is InChI=1S/C25H23N3O3S2/c1-16(31-20-10-8-19(9-11-20)18-6-4-3-5-7-18)24(30)28-25-27-22(15-32-25)23-13-12-21(33-23)14-26-17(2)29/h3-13,15-16H,14H2,1-2H3,(H,26,29)(H,27,28,30). The molecule has 168 valence electrons. The fourth-order valence-electron chi connectivity index (χ4n) is 3.09. The van der Waals surface area contributed by atoms with Gasteiger partial charge in [-0.15, -0.1) is 22.7 Å². The molecule has 8 heteroatoms. The van der Waals surface area contributed by atoms with E-state index in [2.05, 4.69) is 15.6 Å². The summed E-state index contributed by atoms with van der Waals surface area (Å²) >= 11 is 2.92. The van der Waals surface area contributed by atoms with Gasteiger partial charge in [-0.05, 0) is 42.3 Å². The molecule has 6 nitrogen and oxygen atoms in total. The first-order valence-corrected chi connectivity index (χ1v) is 12.1. The van der Waals surface area contributed by atoms with Crippen LogP contribution in [-0.4, -0.2) is 22.9 Å². The van der Waals surface area contributed by atoms with Crippen molar-refractivity contribution in [2.45, 2.75) is 26.5 Å². The van der Waals surface area contributed by atoms with E-state index in [1.54, 1.807) is 18.3 Å². The topological polar surface area (TPSA) is 80.3 Å². The number of nitrogens with zero attached hydrogens (tertiary/aromatic N) is 1. The van der Waals surface area contributed by atoms with Gasteiger partial charge in [-0.25, -0.2) is 4.98 Å². The lowest BCUT2D eigenvalue weighted by atomic mass is 10.1. The van der Waals surface area contributed by atoms with Crippen LogP contribution in [0.2, 0.25) is 0 Å². The Hall–Kier alpha value is -3.49. The van der Waals surface area contributed by atoms with Crippen molar-refractivity contribution in [3.8, 4) is 27.4 Å². The van der Waals surface area contributed by atoms with E-state index < -0.39 is 6.10 Å². The molecule has 2 aromatic heterocycles. The van der Waals surface area contributed by atoms with E-state index >= 15 is 0 Å². The quantitative estimate of drug-likeness (QED) is 0.347. The van der Waals surface area contributed by atoms with E-state index in [4.69, 9.17) is 4.74 Å². The normalized spacial score (nSPS) is 11.6. The number of ether oxygens (including phenoxy) is 1. The second-order valence-corrected chi connectivity index (χ2v) is 9.38. The molecule has 1 unspecified atom stereocenters. The molecule has 33 heavy (non-hydrogen) atoms. The van der Waals surface area contributed by atoms with E-state index in [0.29, 0.717) is 17.4 Å². The molecule has 2 amide bonds. The molecule has 0 aliphatic carbocycles. The number of rotatable bonds is 8. The van der Waals surface area contributed by atoms with Crippen molar-refractivity contribution >= 4 is 39.6 Å². The number of aromatic nitrogens is 1. The number of amides is 2. The number of carbonyl (C=O) groups is 2. The molecule has 0 aliphatic rings. The van der Waals surface area contributed by atoms with Crippen LogP contribution in [0.3, 0.4) is 0 Å². The summed E-state index contributed by atoms with van der Waals surface area (Å²) in [6, 6.07) is 21.7. The van der Waals surface area contributed by atoms with Gasteiger partial charge in [-0.1, -0.05) is 42.5 Å². The molecule has 0 bridgehead atoms. The fourth-order valence-corrected chi connectivity index (χ4v) is 4.78. The Morgan fingerprint density at radius 3 is 2.45 bits per heavy atom. The number of hydrogen-bond donors (Lipinski definition) is 2. The Bertz CT molecular complexity index is 1230. The van der Waals surface area contributed by atoms with Crippen molar-refractivity contribution in [2.24, 2.45) is 0 Å². The van der Waals surface area contributed by atoms with Crippen molar-refractivity contribution in [1.29, 1.82) is 0 Å². The molecule has 4 rings (SSSR count). The van der Waals surface area contributed by atoms with E-state index in [0.717, 1.165) is 26.6 Å². The van der Waals surface area contributed by atoms with Crippen LogP contribution >= 0.6 is 22.7 Å². The van der Waals surface area contributed by atoms with Crippen LogP contribution in [-0.2, 0) is 16.1 Å². The van der Waals surface area contributed by atoms with Crippen LogP contribution in [0.4, 0.5) is 5.13 Å². The van der Waals surface area contributed by atoms with Crippen molar-refractivity contribution in [3.05, 3.63) is 77.0 Å². The van der Waals surface area contributed by atoms with Gasteiger partial charge in [0, 0.05) is 17.2 Å². The highest BCUT2D eigenvalue weighted by Gasteiger charge is 2.17. The molecule has 2 heterocycles. The number of thiazole rings is 1. The third kappa shape index (κ3) is 6.06. The lowest BCUT2D eigenvalue weighted by Gasteiger charge is -2.14. The number of thiophene rings is 1. The minimum Gasteiger partial charge on any atom is -0.481 e. The first-order valence-electron chi connectivity index (χ1n) is 10.4. The van der Waals surface area contributed by atoms with E-state index in [1.807, 2.05) is 72.1 Å². The highest BCUT2D eigenvalue weighted by atomic mass is 32.1. The largest absolute Gasteiger partial charge is 0.481 e. The number of benzene rings is 2. The minimum atomic E-state index is -0.675. The Morgan fingerprint density at radius 2 is 1.73 bits per heavy atom. The average Bonchev–Trinajstić information content (AvgIpc) is 3.48. The number of anilines is 1. The molecule has 0 saturated carbocycles. The van der Waals surface area contributed by atoms with Crippen molar-refractivity contribution in [2.75, 3.05) is 5.32 Å². The van der Waals surface area contributed by atoms with Crippen molar-refractivity contribution in [1.82, 2.24) is 10.3 Å². The number of nitrogens with one attached hydrogen (secondary N) is 2. The smallest absolute Gasteiger partial charge is 0.266 e. The highest BCUT2D eigenvalue weighted by molar-refractivity contribution is 7.17. The molecular weight excluding hydrogens is 454 g/mol. The molecule has 0 spiro atoms. The Balaban J connectivity index is 1.33. The van der Waals surface area contributed by atoms with Crippen LogP contribution in [0, 0.1) is 0 Å². The summed E-state index contributed by atoms with van der Waals surface area (Å²) in [5.41, 5.74) is 3.01. The summed E-state index contributed by atoms with van der Waals surface area (Å²) in [6.07, 6.45) is -0.675. The second kappa shape index (κ2) is 10.4. The number of carbonyl (C=O) groups excluding carboxylic acids is 2. The molecular formula is C25H23N3O3S2. The van der Waals surface area contributed by atoms with Gasteiger partial charge in [0.2, 0.25) is 5.91 Å². The highest BCUT2D eigenvalue weighted by Crippen LogP contribution is 2.31. The van der Waals surface area contributed by atoms with Crippen LogP contribution in [0.1, 0.15) is 18.7 Å². The average molecular weight is 478 g/mol. The maximum Gasteiger partial charge on any atom is 0.266 e. The minimum absolute atomic E-state index is 0.0629. The monoisotopic (exact) mass is 477 g/mol. The molecule has 0 fully saturated rings. The Morgan fingerprint density at radius 1 is 1.00 bits per heavy atom. The van der Waals surface area contributed by atoms with Gasteiger partial charge >= 0.3 is 0 Å². The SMILES string of the molecule is CC(=O)NCc1ccc(-c2csc(NC(=O)C(C)Oc3ccc(-c4ccccc4)cc3)n2)s1. The lowest BCUT2D eigenvalue weighted by Crippen LogP contribution is -2.30. The first-order chi connectivity index (χ1) is 16.0. The summed E-state index contributed by atoms with van der Waals surface area (Å²) in [6.45, 7) is 3.70. The molecule has 0 aliphatic heterocycles. The first kappa shape index (κ1) is 22.7. The zero-order chi connectivity index (χ0) is 23.2. The summed E-state index contributed by atoms with van der Waals surface area (Å²) in [7, 11) is 0. The third-order valence-corrected chi connectivity index (χ3v) is 6.67. The summed E-state index contributed by atoms with van der Waals surface area (Å²) < 4.78 is 5.81.